The molecule has 1 rings (SSSR count). The average Bonchev–Trinajstić information content (AvgIpc) is 2.22. The maximum Gasteiger partial charge on any atom is 0.312 e. The summed E-state index contributed by atoms with van der Waals surface area (Å²) in [7, 11) is 0. The van der Waals surface area contributed by atoms with Crippen LogP contribution in [0.4, 0.5) is 0 Å². The number of aliphatic carboxylic acids is 1. The van der Waals surface area contributed by atoms with Gasteiger partial charge in [-0.3, -0.25) is 9.59 Å². The molecule has 1 saturated heterocycles. The van der Waals surface area contributed by atoms with Gasteiger partial charge in [-0.15, -0.1) is 0 Å². The van der Waals surface area contributed by atoms with Crippen LogP contribution in [0, 0.1) is 5.41 Å². The van der Waals surface area contributed by atoms with Crippen molar-refractivity contribution in [3.05, 3.63) is 0 Å². The molecule has 6 heteroatoms. The van der Waals surface area contributed by atoms with Gasteiger partial charge in [-0.05, 0) is 19.4 Å². The van der Waals surface area contributed by atoms with Crippen molar-refractivity contribution in [2.24, 2.45) is 5.41 Å². The van der Waals surface area contributed by atoms with E-state index in [0.29, 0.717) is 25.9 Å². The molecule has 2 atom stereocenters. The van der Waals surface area contributed by atoms with Crippen molar-refractivity contribution >= 4 is 12.4 Å². The van der Waals surface area contributed by atoms with Crippen molar-refractivity contribution < 1.29 is 24.9 Å². The highest BCUT2D eigenvalue weighted by Gasteiger charge is 2.45. The Labute approximate surface area is 94.3 Å². The molecule has 1 fully saturated rings. The standard InChI is InChI=1S/C9H17NO3.CH2O2/c1-2-3-9(8(12)13)4-5-10-6-7(9)11;2-1-3/h7,10-11H,2-6H2,1H3,(H,12,13);1H,(H,2,3)/t7-,9-;/m0./s1. The van der Waals surface area contributed by atoms with Gasteiger partial charge in [0.1, 0.15) is 0 Å². The van der Waals surface area contributed by atoms with Gasteiger partial charge in [-0.25, -0.2) is 0 Å². The molecule has 94 valence electrons. The van der Waals surface area contributed by atoms with E-state index >= 15 is 0 Å². The van der Waals surface area contributed by atoms with Crippen molar-refractivity contribution in [1.29, 1.82) is 0 Å². The maximum atomic E-state index is 11.1. The second-order valence-corrected chi connectivity index (χ2v) is 3.79. The Morgan fingerprint density at radius 2 is 2.19 bits per heavy atom. The number of carbonyl (C=O) groups is 2. The molecule has 0 unspecified atom stereocenters. The second-order valence-electron chi connectivity index (χ2n) is 3.79. The van der Waals surface area contributed by atoms with Gasteiger partial charge >= 0.3 is 5.97 Å². The molecular weight excluding hydrogens is 214 g/mol. The summed E-state index contributed by atoms with van der Waals surface area (Å²) in [5.74, 6) is -0.858. The van der Waals surface area contributed by atoms with Crippen molar-refractivity contribution in [1.82, 2.24) is 5.32 Å². The van der Waals surface area contributed by atoms with Gasteiger partial charge in [0.15, 0.2) is 0 Å². The van der Waals surface area contributed by atoms with Gasteiger partial charge in [-0.1, -0.05) is 13.3 Å². The molecule has 1 aliphatic heterocycles. The van der Waals surface area contributed by atoms with Crippen LogP contribution in [0.5, 0.6) is 0 Å². The number of hydrogen-bond acceptors (Lipinski definition) is 4. The summed E-state index contributed by atoms with van der Waals surface area (Å²) < 4.78 is 0. The SMILES string of the molecule is CCC[C@]1(C(=O)O)CCNC[C@@H]1O.O=CO. The van der Waals surface area contributed by atoms with E-state index in [4.69, 9.17) is 15.0 Å². The molecular formula is C10H19NO5. The fraction of sp³-hybridized carbons (Fsp3) is 0.800. The van der Waals surface area contributed by atoms with Crippen molar-refractivity contribution in [3.63, 3.8) is 0 Å². The highest BCUT2D eigenvalue weighted by Crippen LogP contribution is 2.34. The Bertz CT molecular complexity index is 229. The van der Waals surface area contributed by atoms with E-state index in [2.05, 4.69) is 5.32 Å². The second kappa shape index (κ2) is 7.19. The first kappa shape index (κ1) is 14.9. The Hall–Kier alpha value is -1.14. The van der Waals surface area contributed by atoms with E-state index < -0.39 is 17.5 Å². The van der Waals surface area contributed by atoms with Gasteiger partial charge in [-0.2, -0.15) is 0 Å². The number of piperidine rings is 1. The maximum absolute atomic E-state index is 11.1. The van der Waals surface area contributed by atoms with Crippen LogP contribution in [-0.2, 0) is 9.59 Å². The first-order valence-electron chi connectivity index (χ1n) is 5.25. The molecule has 16 heavy (non-hydrogen) atoms. The molecule has 1 heterocycles. The highest BCUT2D eigenvalue weighted by molar-refractivity contribution is 5.75. The van der Waals surface area contributed by atoms with Crippen molar-refractivity contribution in [3.8, 4) is 0 Å². The number of aliphatic hydroxyl groups excluding tert-OH is 1. The van der Waals surface area contributed by atoms with Gasteiger partial charge in [0.25, 0.3) is 6.47 Å². The minimum absolute atomic E-state index is 0.250. The normalized spacial score (nSPS) is 28.8. The molecule has 0 radical (unpaired) electrons. The van der Waals surface area contributed by atoms with E-state index in [1.165, 1.54) is 0 Å². The molecule has 0 bridgehead atoms. The number of carboxylic acids is 1. The molecule has 0 aromatic carbocycles. The third kappa shape index (κ3) is 3.46. The average molecular weight is 233 g/mol. The number of aliphatic hydroxyl groups is 1. The van der Waals surface area contributed by atoms with Crippen LogP contribution < -0.4 is 5.32 Å². The van der Waals surface area contributed by atoms with E-state index in [1.807, 2.05) is 6.92 Å². The number of rotatable bonds is 3. The predicted octanol–water partition coefficient (Wildman–Crippen LogP) is -0.0875. The van der Waals surface area contributed by atoms with Gasteiger partial charge in [0.2, 0.25) is 0 Å². The zero-order valence-electron chi connectivity index (χ0n) is 9.35. The van der Waals surface area contributed by atoms with Gasteiger partial charge in [0.05, 0.1) is 11.5 Å². The summed E-state index contributed by atoms with van der Waals surface area (Å²) in [6.07, 6.45) is 1.13. The minimum atomic E-state index is -0.903. The number of carboxylic acid groups (broad SMARTS) is 2. The topological polar surface area (TPSA) is 107 Å². The molecule has 0 amide bonds. The number of hydrogen-bond donors (Lipinski definition) is 4. The smallest absolute Gasteiger partial charge is 0.312 e. The molecule has 0 aliphatic carbocycles. The fourth-order valence-electron chi connectivity index (χ4n) is 2.01. The summed E-state index contributed by atoms with van der Waals surface area (Å²) in [5.41, 5.74) is -0.903. The predicted molar refractivity (Wildman–Crippen MR) is 57.2 cm³/mol. The molecule has 1 aliphatic rings. The molecule has 6 nitrogen and oxygen atoms in total. The fourth-order valence-corrected chi connectivity index (χ4v) is 2.01. The van der Waals surface area contributed by atoms with Crippen LogP contribution in [0.1, 0.15) is 26.2 Å². The zero-order chi connectivity index (χ0) is 12.6. The lowest BCUT2D eigenvalue weighted by atomic mass is 9.73. The Morgan fingerprint density at radius 1 is 1.62 bits per heavy atom. The Morgan fingerprint density at radius 3 is 2.56 bits per heavy atom. The van der Waals surface area contributed by atoms with Gasteiger partial charge in [0, 0.05) is 6.54 Å². The molecule has 0 spiro atoms. The number of β-amino-alcohol motifs (C(OH)–C–C–N with tert-alkyl or cyclic N) is 1. The largest absolute Gasteiger partial charge is 0.483 e. The molecule has 0 aromatic rings. The molecule has 4 N–H and O–H groups in total. The third-order valence-corrected chi connectivity index (χ3v) is 2.85. The van der Waals surface area contributed by atoms with E-state index in [-0.39, 0.29) is 6.47 Å². The Kier molecular flexibility index (Phi) is 6.67. The lowest BCUT2D eigenvalue weighted by molar-refractivity contribution is -0.160. The molecule has 0 aromatic heterocycles. The van der Waals surface area contributed by atoms with Crippen molar-refractivity contribution in [2.75, 3.05) is 13.1 Å². The summed E-state index contributed by atoms with van der Waals surface area (Å²) >= 11 is 0. The van der Waals surface area contributed by atoms with Crippen LogP contribution in [0.2, 0.25) is 0 Å². The first-order valence-corrected chi connectivity index (χ1v) is 5.25. The third-order valence-electron chi connectivity index (χ3n) is 2.85. The van der Waals surface area contributed by atoms with E-state index in [1.54, 1.807) is 0 Å². The van der Waals surface area contributed by atoms with Crippen molar-refractivity contribution in [2.45, 2.75) is 32.3 Å². The van der Waals surface area contributed by atoms with E-state index in [0.717, 1.165) is 6.42 Å². The van der Waals surface area contributed by atoms with Crippen LogP contribution in [0.15, 0.2) is 0 Å². The monoisotopic (exact) mass is 233 g/mol. The lowest BCUT2D eigenvalue weighted by Gasteiger charge is -2.38. The summed E-state index contributed by atoms with van der Waals surface area (Å²) in [6, 6.07) is 0. The number of nitrogens with one attached hydrogen (secondary N) is 1. The van der Waals surface area contributed by atoms with Crippen LogP contribution in [-0.4, -0.2) is 47.0 Å². The highest BCUT2D eigenvalue weighted by atomic mass is 16.4. The van der Waals surface area contributed by atoms with Gasteiger partial charge < -0.3 is 20.6 Å². The molecule has 0 saturated carbocycles. The van der Waals surface area contributed by atoms with E-state index in [9.17, 15) is 9.90 Å². The van der Waals surface area contributed by atoms with Crippen LogP contribution in [0.25, 0.3) is 0 Å². The first-order chi connectivity index (χ1) is 7.55. The Balaban J connectivity index is 0.000000673. The van der Waals surface area contributed by atoms with Crippen LogP contribution in [0.3, 0.4) is 0 Å². The summed E-state index contributed by atoms with van der Waals surface area (Å²) in [5, 5.41) is 28.7. The minimum Gasteiger partial charge on any atom is -0.483 e. The van der Waals surface area contributed by atoms with Crippen LogP contribution >= 0.6 is 0 Å². The zero-order valence-corrected chi connectivity index (χ0v) is 9.35. The summed E-state index contributed by atoms with van der Waals surface area (Å²) in [6.45, 7) is 2.77. The summed E-state index contributed by atoms with van der Waals surface area (Å²) in [4.78, 5) is 19.4. The quantitative estimate of drug-likeness (QED) is 0.508. The lowest BCUT2D eigenvalue weighted by Crippen LogP contribution is -2.53.